The summed E-state index contributed by atoms with van der Waals surface area (Å²) < 4.78 is 0. The molecule has 4 rings (SSSR count). The van der Waals surface area contributed by atoms with E-state index < -0.39 is 5.54 Å². The lowest BCUT2D eigenvalue weighted by atomic mass is 9.98. The van der Waals surface area contributed by atoms with Gasteiger partial charge in [0.25, 0.3) is 5.91 Å². The van der Waals surface area contributed by atoms with Crippen LogP contribution in [0.1, 0.15) is 44.9 Å². The lowest BCUT2D eigenvalue weighted by molar-refractivity contribution is -0.131. The number of rotatable bonds is 7. The van der Waals surface area contributed by atoms with Crippen LogP contribution in [0.25, 0.3) is 0 Å². The van der Waals surface area contributed by atoms with Crippen LogP contribution in [0.3, 0.4) is 0 Å². The van der Waals surface area contributed by atoms with Crippen molar-refractivity contribution in [3.05, 3.63) is 24.3 Å². The maximum absolute atomic E-state index is 12.6. The van der Waals surface area contributed by atoms with Crippen LogP contribution in [0.4, 0.5) is 10.5 Å². The Balaban J connectivity index is 1.17. The summed E-state index contributed by atoms with van der Waals surface area (Å²) in [7, 11) is 0. The lowest BCUT2D eigenvalue weighted by Crippen LogP contribution is -2.44. The largest absolute Gasteiger partial charge is 0.356 e. The van der Waals surface area contributed by atoms with Gasteiger partial charge in [-0.2, -0.15) is 0 Å². The van der Waals surface area contributed by atoms with Crippen LogP contribution in [0.5, 0.6) is 0 Å². The highest BCUT2D eigenvalue weighted by molar-refractivity contribution is 7.99. The Labute approximate surface area is 186 Å². The molecule has 0 aromatic heterocycles. The number of hydrogen-bond donors (Lipinski definition) is 2. The maximum atomic E-state index is 12.6. The average Bonchev–Trinajstić information content (AvgIpc) is 3.34. The van der Waals surface area contributed by atoms with E-state index in [0.29, 0.717) is 32.4 Å². The third-order valence-corrected chi connectivity index (χ3v) is 7.22. The summed E-state index contributed by atoms with van der Waals surface area (Å²) in [5.74, 6) is 0.465. The second-order valence-electron chi connectivity index (χ2n) is 8.24. The van der Waals surface area contributed by atoms with Crippen LogP contribution in [0.15, 0.2) is 29.2 Å². The topological polar surface area (TPSA) is 98.8 Å². The number of anilines is 1. The molecule has 9 heteroatoms. The molecule has 2 N–H and O–H groups in total. The van der Waals surface area contributed by atoms with Crippen LogP contribution < -0.4 is 15.5 Å². The molecular weight excluding hydrogens is 416 g/mol. The molecule has 1 saturated carbocycles. The van der Waals surface area contributed by atoms with E-state index in [9.17, 15) is 19.2 Å². The zero-order valence-corrected chi connectivity index (χ0v) is 18.3. The van der Waals surface area contributed by atoms with Gasteiger partial charge < -0.3 is 15.5 Å². The Morgan fingerprint density at radius 1 is 1.13 bits per heavy atom. The molecule has 0 bridgehead atoms. The van der Waals surface area contributed by atoms with E-state index in [4.69, 9.17) is 0 Å². The van der Waals surface area contributed by atoms with Gasteiger partial charge in [0.2, 0.25) is 11.8 Å². The number of carbonyl (C=O) groups excluding carboxylic acids is 4. The molecule has 0 unspecified atom stereocenters. The summed E-state index contributed by atoms with van der Waals surface area (Å²) >= 11 is 1.73. The zero-order chi connectivity index (χ0) is 21.8. The fraction of sp³-hybridized carbons (Fsp3) is 0.545. The molecule has 2 fully saturated rings. The number of carbonyl (C=O) groups is 4. The van der Waals surface area contributed by atoms with Crippen molar-refractivity contribution in [3.8, 4) is 0 Å². The van der Waals surface area contributed by atoms with E-state index in [1.807, 2.05) is 24.3 Å². The molecule has 31 heavy (non-hydrogen) atoms. The average molecular weight is 445 g/mol. The molecule has 166 valence electrons. The van der Waals surface area contributed by atoms with Gasteiger partial charge in [-0.05, 0) is 31.4 Å². The SMILES string of the molecule is O=C(CCC(=O)N1CCSc2ccccc21)NCCCN1C(=O)NC2(CCCC2)C1=O. The summed E-state index contributed by atoms with van der Waals surface area (Å²) in [6.07, 6.45) is 4.09. The quantitative estimate of drug-likeness (QED) is 0.497. The first-order chi connectivity index (χ1) is 15.0. The summed E-state index contributed by atoms with van der Waals surface area (Å²) in [6.45, 7) is 1.30. The fourth-order valence-electron chi connectivity index (χ4n) is 4.53. The molecule has 8 nitrogen and oxygen atoms in total. The number of benzene rings is 1. The van der Waals surface area contributed by atoms with Crippen molar-refractivity contribution < 1.29 is 19.2 Å². The van der Waals surface area contributed by atoms with Gasteiger partial charge in [0.05, 0.1) is 5.69 Å². The van der Waals surface area contributed by atoms with Crippen LogP contribution in [0, 0.1) is 0 Å². The van der Waals surface area contributed by atoms with E-state index in [-0.39, 0.29) is 43.1 Å². The van der Waals surface area contributed by atoms with E-state index in [2.05, 4.69) is 10.6 Å². The highest BCUT2D eigenvalue weighted by atomic mass is 32.2. The first kappa shape index (κ1) is 21.7. The molecule has 3 aliphatic rings. The number of nitrogens with zero attached hydrogens (tertiary/aromatic N) is 2. The summed E-state index contributed by atoms with van der Waals surface area (Å²) in [5, 5.41) is 5.65. The van der Waals surface area contributed by atoms with Crippen LogP contribution in [0.2, 0.25) is 0 Å². The molecule has 2 heterocycles. The van der Waals surface area contributed by atoms with Gasteiger partial charge in [-0.1, -0.05) is 25.0 Å². The first-order valence-corrected chi connectivity index (χ1v) is 11.9. The van der Waals surface area contributed by atoms with Gasteiger partial charge >= 0.3 is 6.03 Å². The standard InChI is InChI=1S/C22H28N4O4S/c27-18(8-9-19(28)25-14-15-31-17-7-2-1-6-16(17)25)23-12-5-13-26-20(29)22(24-21(26)30)10-3-4-11-22/h1-2,6-7H,3-5,8-15H2,(H,23,27)(H,24,30). The second-order valence-corrected chi connectivity index (χ2v) is 9.38. The van der Waals surface area contributed by atoms with E-state index in [1.54, 1.807) is 16.7 Å². The maximum Gasteiger partial charge on any atom is 0.325 e. The Kier molecular flexibility index (Phi) is 6.50. The number of urea groups is 1. The van der Waals surface area contributed by atoms with Crippen LogP contribution in [-0.4, -0.2) is 59.6 Å². The van der Waals surface area contributed by atoms with Crippen molar-refractivity contribution in [2.24, 2.45) is 0 Å². The second kappa shape index (κ2) is 9.30. The molecule has 5 amide bonds. The molecular formula is C22H28N4O4S. The van der Waals surface area contributed by atoms with Gasteiger partial charge in [-0.15, -0.1) is 11.8 Å². The molecule has 1 spiro atoms. The zero-order valence-electron chi connectivity index (χ0n) is 17.5. The van der Waals surface area contributed by atoms with Crippen molar-refractivity contribution in [1.82, 2.24) is 15.5 Å². The minimum Gasteiger partial charge on any atom is -0.356 e. The molecule has 1 aromatic rings. The van der Waals surface area contributed by atoms with E-state index in [1.165, 1.54) is 4.90 Å². The van der Waals surface area contributed by atoms with Gasteiger partial charge in [-0.25, -0.2) is 4.79 Å². The smallest absolute Gasteiger partial charge is 0.325 e. The minimum atomic E-state index is -0.688. The van der Waals surface area contributed by atoms with Crippen molar-refractivity contribution in [2.75, 3.05) is 30.3 Å². The van der Waals surface area contributed by atoms with Gasteiger partial charge in [0, 0.05) is 43.1 Å². The third kappa shape index (κ3) is 4.56. The Morgan fingerprint density at radius 2 is 1.90 bits per heavy atom. The first-order valence-electron chi connectivity index (χ1n) is 10.9. The Hall–Kier alpha value is -2.55. The number of para-hydroxylation sites is 1. The Bertz CT molecular complexity index is 884. The van der Waals surface area contributed by atoms with E-state index >= 15 is 0 Å². The number of thioether (sulfide) groups is 1. The number of fused-ring (bicyclic) bond motifs is 1. The predicted molar refractivity (Wildman–Crippen MR) is 118 cm³/mol. The van der Waals surface area contributed by atoms with Crippen LogP contribution >= 0.6 is 11.8 Å². The molecule has 1 aromatic carbocycles. The monoisotopic (exact) mass is 444 g/mol. The van der Waals surface area contributed by atoms with Crippen molar-refractivity contribution in [3.63, 3.8) is 0 Å². The van der Waals surface area contributed by atoms with Crippen molar-refractivity contribution in [2.45, 2.75) is 55.4 Å². The van der Waals surface area contributed by atoms with Crippen molar-refractivity contribution >= 4 is 41.2 Å². The van der Waals surface area contributed by atoms with Gasteiger partial charge in [0.1, 0.15) is 5.54 Å². The Morgan fingerprint density at radius 3 is 2.71 bits per heavy atom. The lowest BCUT2D eigenvalue weighted by Gasteiger charge is -2.29. The van der Waals surface area contributed by atoms with Gasteiger partial charge in [-0.3, -0.25) is 19.3 Å². The van der Waals surface area contributed by atoms with Crippen molar-refractivity contribution in [1.29, 1.82) is 0 Å². The minimum absolute atomic E-state index is 0.0518. The number of amides is 5. The molecule has 0 radical (unpaired) electrons. The molecule has 1 saturated heterocycles. The highest BCUT2D eigenvalue weighted by Gasteiger charge is 2.51. The number of imide groups is 1. The third-order valence-electron chi connectivity index (χ3n) is 6.18. The molecule has 0 atom stereocenters. The normalized spacial score (nSPS) is 19.5. The highest BCUT2D eigenvalue weighted by Crippen LogP contribution is 2.35. The summed E-state index contributed by atoms with van der Waals surface area (Å²) in [6, 6.07) is 7.48. The molecule has 1 aliphatic carbocycles. The number of nitrogens with one attached hydrogen (secondary N) is 2. The fourth-order valence-corrected chi connectivity index (χ4v) is 5.53. The van der Waals surface area contributed by atoms with Gasteiger partial charge in [0.15, 0.2) is 0 Å². The van der Waals surface area contributed by atoms with Crippen LogP contribution in [-0.2, 0) is 14.4 Å². The molecule has 2 aliphatic heterocycles. The summed E-state index contributed by atoms with van der Waals surface area (Å²) in [4.78, 5) is 53.6. The summed E-state index contributed by atoms with van der Waals surface area (Å²) in [5.41, 5.74) is 0.226. The number of hydrogen-bond acceptors (Lipinski definition) is 5. The predicted octanol–water partition coefficient (Wildman–Crippen LogP) is 2.28. The van der Waals surface area contributed by atoms with E-state index in [0.717, 1.165) is 29.2 Å².